The molecule has 2 heterocycles. The van der Waals surface area contributed by atoms with Crippen LogP contribution in [0.25, 0.3) is 10.9 Å². The Balaban J connectivity index is 1.77. The average molecular weight is 312 g/mol. The fraction of sp³-hybridized carbons (Fsp3) is 0.389. The monoisotopic (exact) mass is 312 g/mol. The molecule has 23 heavy (non-hydrogen) atoms. The van der Waals surface area contributed by atoms with Crippen LogP contribution in [0.4, 0.5) is 0 Å². The second-order valence-electron chi connectivity index (χ2n) is 5.83. The van der Waals surface area contributed by atoms with Crippen molar-refractivity contribution in [2.75, 3.05) is 13.7 Å². The third-order valence-corrected chi connectivity index (χ3v) is 4.30. The van der Waals surface area contributed by atoms with E-state index in [2.05, 4.69) is 4.98 Å². The Morgan fingerprint density at radius 1 is 1.30 bits per heavy atom. The summed E-state index contributed by atoms with van der Waals surface area (Å²) >= 11 is 0. The lowest BCUT2D eigenvalue weighted by molar-refractivity contribution is -0.154. The van der Waals surface area contributed by atoms with E-state index in [0.29, 0.717) is 13.0 Å². The molecule has 1 atom stereocenters. The number of fused-ring (bicyclic) bond motifs is 1. The molecule has 1 fully saturated rings. The Hall–Kier alpha value is -2.43. The number of pyridine rings is 1. The third kappa shape index (κ3) is 3.33. The number of rotatable bonds is 3. The van der Waals surface area contributed by atoms with Gasteiger partial charge in [-0.1, -0.05) is 18.2 Å². The van der Waals surface area contributed by atoms with E-state index in [9.17, 15) is 9.59 Å². The zero-order valence-corrected chi connectivity index (χ0v) is 13.2. The van der Waals surface area contributed by atoms with Crippen molar-refractivity contribution in [3.05, 3.63) is 42.1 Å². The first-order valence-corrected chi connectivity index (χ1v) is 7.90. The predicted octanol–water partition coefficient (Wildman–Crippen LogP) is 2.33. The van der Waals surface area contributed by atoms with Crippen LogP contribution >= 0.6 is 0 Å². The highest BCUT2D eigenvalue weighted by Gasteiger charge is 2.32. The lowest BCUT2D eigenvalue weighted by Crippen LogP contribution is -2.49. The molecule has 5 nitrogen and oxygen atoms in total. The summed E-state index contributed by atoms with van der Waals surface area (Å²) in [5, 5.41) is 1.01. The molecule has 0 N–H and O–H groups in total. The SMILES string of the molecule is COC(=O)[C@@H]1CCCCN1C(=O)Cc1cnc2ccccc2c1. The first-order chi connectivity index (χ1) is 11.2. The highest BCUT2D eigenvalue weighted by molar-refractivity contribution is 5.87. The Morgan fingerprint density at radius 3 is 2.96 bits per heavy atom. The number of esters is 1. The number of ether oxygens (including phenoxy) is 1. The minimum Gasteiger partial charge on any atom is -0.467 e. The van der Waals surface area contributed by atoms with Crippen molar-refractivity contribution in [1.29, 1.82) is 0 Å². The molecule has 1 aliphatic heterocycles. The second-order valence-corrected chi connectivity index (χ2v) is 5.83. The number of amides is 1. The second kappa shape index (κ2) is 6.77. The Labute approximate surface area is 135 Å². The maximum absolute atomic E-state index is 12.6. The van der Waals surface area contributed by atoms with Crippen LogP contribution in [0.2, 0.25) is 0 Å². The maximum Gasteiger partial charge on any atom is 0.328 e. The van der Waals surface area contributed by atoms with Crippen molar-refractivity contribution in [1.82, 2.24) is 9.88 Å². The Bertz CT molecular complexity index is 729. The molecule has 1 aromatic carbocycles. The molecule has 2 aromatic rings. The number of nitrogens with zero attached hydrogens (tertiary/aromatic N) is 2. The number of aromatic nitrogens is 1. The molecule has 0 spiro atoms. The van der Waals surface area contributed by atoms with Crippen LogP contribution in [0.5, 0.6) is 0 Å². The van der Waals surface area contributed by atoms with Crippen LogP contribution in [0.15, 0.2) is 36.5 Å². The molecule has 1 amide bonds. The average Bonchev–Trinajstić information content (AvgIpc) is 2.61. The van der Waals surface area contributed by atoms with E-state index in [-0.39, 0.29) is 18.3 Å². The minimum atomic E-state index is -0.449. The molecule has 5 heteroatoms. The summed E-state index contributed by atoms with van der Waals surface area (Å²) in [6.45, 7) is 0.611. The van der Waals surface area contributed by atoms with Crippen LogP contribution in [0, 0.1) is 0 Å². The molecule has 3 rings (SSSR count). The summed E-state index contributed by atoms with van der Waals surface area (Å²) in [6, 6.07) is 9.35. The van der Waals surface area contributed by atoms with Gasteiger partial charge in [0.2, 0.25) is 5.91 Å². The number of hydrogen-bond acceptors (Lipinski definition) is 4. The number of para-hydroxylation sites is 1. The number of likely N-dealkylation sites (tertiary alicyclic amines) is 1. The van der Waals surface area contributed by atoms with Gasteiger partial charge < -0.3 is 9.64 Å². The number of methoxy groups -OCH3 is 1. The molecule has 120 valence electrons. The van der Waals surface area contributed by atoms with Crippen LogP contribution in [0.1, 0.15) is 24.8 Å². The zero-order chi connectivity index (χ0) is 16.2. The van der Waals surface area contributed by atoms with Crippen molar-refractivity contribution in [3.8, 4) is 0 Å². The molecule has 0 unspecified atom stereocenters. The van der Waals surface area contributed by atoms with E-state index >= 15 is 0 Å². The first-order valence-electron chi connectivity index (χ1n) is 7.90. The van der Waals surface area contributed by atoms with Crippen molar-refractivity contribution < 1.29 is 14.3 Å². The third-order valence-electron chi connectivity index (χ3n) is 4.30. The van der Waals surface area contributed by atoms with Gasteiger partial charge >= 0.3 is 5.97 Å². The molecule has 0 saturated carbocycles. The van der Waals surface area contributed by atoms with Crippen LogP contribution in [-0.2, 0) is 20.7 Å². The highest BCUT2D eigenvalue weighted by atomic mass is 16.5. The summed E-state index contributed by atoms with van der Waals surface area (Å²) in [5.41, 5.74) is 1.77. The Kier molecular flexibility index (Phi) is 4.55. The van der Waals surface area contributed by atoms with E-state index < -0.39 is 6.04 Å². The van der Waals surface area contributed by atoms with Gasteiger partial charge in [-0.25, -0.2) is 4.79 Å². The summed E-state index contributed by atoms with van der Waals surface area (Å²) in [7, 11) is 1.37. The number of carbonyl (C=O) groups is 2. The van der Waals surface area contributed by atoms with Gasteiger partial charge in [0, 0.05) is 18.1 Å². The van der Waals surface area contributed by atoms with E-state index in [4.69, 9.17) is 4.74 Å². The first kappa shape index (κ1) is 15.5. The van der Waals surface area contributed by atoms with Gasteiger partial charge in [-0.05, 0) is 37.0 Å². The molecule has 0 radical (unpaired) electrons. The van der Waals surface area contributed by atoms with E-state index in [1.807, 2.05) is 30.3 Å². The number of piperidine rings is 1. The van der Waals surface area contributed by atoms with Gasteiger partial charge in [0.1, 0.15) is 6.04 Å². The minimum absolute atomic E-state index is 0.0443. The summed E-state index contributed by atoms with van der Waals surface area (Å²) in [4.78, 5) is 30.5. The van der Waals surface area contributed by atoms with Crippen LogP contribution < -0.4 is 0 Å². The summed E-state index contributed by atoms with van der Waals surface area (Å²) in [6.07, 6.45) is 4.54. The molecule has 0 bridgehead atoms. The Morgan fingerprint density at radius 2 is 2.13 bits per heavy atom. The summed E-state index contributed by atoms with van der Waals surface area (Å²) in [5.74, 6) is -0.369. The summed E-state index contributed by atoms with van der Waals surface area (Å²) < 4.78 is 4.83. The van der Waals surface area contributed by atoms with Gasteiger partial charge in [-0.3, -0.25) is 9.78 Å². The lowest BCUT2D eigenvalue weighted by Gasteiger charge is -2.33. The van der Waals surface area contributed by atoms with Crippen molar-refractivity contribution in [3.63, 3.8) is 0 Å². The van der Waals surface area contributed by atoms with Crippen molar-refractivity contribution >= 4 is 22.8 Å². The molecule has 1 saturated heterocycles. The number of benzene rings is 1. The van der Waals surface area contributed by atoms with E-state index in [1.54, 1.807) is 11.1 Å². The molecular formula is C18H20N2O3. The highest BCUT2D eigenvalue weighted by Crippen LogP contribution is 2.20. The number of carbonyl (C=O) groups excluding carboxylic acids is 2. The maximum atomic E-state index is 12.6. The van der Waals surface area contributed by atoms with Crippen molar-refractivity contribution in [2.45, 2.75) is 31.7 Å². The fourth-order valence-corrected chi connectivity index (χ4v) is 3.10. The standard InChI is InChI=1S/C18H20N2O3/c1-23-18(22)16-8-4-5-9-20(16)17(21)11-13-10-14-6-2-3-7-15(14)19-12-13/h2-3,6-7,10,12,16H,4-5,8-9,11H2,1H3/t16-/m0/s1. The quantitative estimate of drug-likeness (QED) is 0.816. The van der Waals surface area contributed by atoms with Gasteiger partial charge in [-0.2, -0.15) is 0 Å². The van der Waals surface area contributed by atoms with E-state index in [0.717, 1.165) is 29.3 Å². The van der Waals surface area contributed by atoms with Gasteiger partial charge in [0.25, 0.3) is 0 Å². The normalized spacial score (nSPS) is 18.0. The van der Waals surface area contributed by atoms with Gasteiger partial charge in [0.15, 0.2) is 0 Å². The van der Waals surface area contributed by atoms with Gasteiger partial charge in [0.05, 0.1) is 19.0 Å². The fourth-order valence-electron chi connectivity index (χ4n) is 3.10. The van der Waals surface area contributed by atoms with Crippen LogP contribution in [0.3, 0.4) is 0 Å². The van der Waals surface area contributed by atoms with Crippen molar-refractivity contribution in [2.24, 2.45) is 0 Å². The molecular weight excluding hydrogens is 292 g/mol. The molecule has 1 aliphatic rings. The number of hydrogen-bond donors (Lipinski definition) is 0. The lowest BCUT2D eigenvalue weighted by atomic mass is 10.0. The van der Waals surface area contributed by atoms with E-state index in [1.165, 1.54) is 7.11 Å². The molecule has 0 aliphatic carbocycles. The zero-order valence-electron chi connectivity index (χ0n) is 13.2. The van der Waals surface area contributed by atoms with Crippen LogP contribution in [-0.4, -0.2) is 41.5 Å². The van der Waals surface area contributed by atoms with Gasteiger partial charge in [-0.15, -0.1) is 0 Å². The topological polar surface area (TPSA) is 59.5 Å². The smallest absolute Gasteiger partial charge is 0.328 e. The predicted molar refractivity (Wildman–Crippen MR) is 86.8 cm³/mol. The molecule has 1 aromatic heterocycles. The largest absolute Gasteiger partial charge is 0.467 e.